The maximum absolute atomic E-state index is 12.3. The average molecular weight is 402 g/mol. The lowest BCUT2D eigenvalue weighted by atomic mass is 9.90. The summed E-state index contributed by atoms with van der Waals surface area (Å²) < 4.78 is 11.1. The Kier molecular flexibility index (Phi) is 9.48. The molecular formula is C18H25Cl2N3O3. The third-order valence-corrected chi connectivity index (χ3v) is 4.32. The van der Waals surface area contributed by atoms with Crippen LogP contribution < -0.4 is 15.8 Å². The topological polar surface area (TPSA) is 90.4 Å². The Labute approximate surface area is 165 Å². The summed E-state index contributed by atoms with van der Waals surface area (Å²) in [6.45, 7) is 0.921. The minimum absolute atomic E-state index is 0. The molecule has 0 aromatic carbocycles. The predicted molar refractivity (Wildman–Crippen MR) is 105 cm³/mol. The molecule has 1 aliphatic carbocycles. The zero-order valence-corrected chi connectivity index (χ0v) is 16.1. The third-order valence-electron chi connectivity index (χ3n) is 4.32. The number of carbonyl (C=O) groups excluding carboxylic acids is 1. The second-order valence-corrected chi connectivity index (χ2v) is 6.13. The summed E-state index contributed by atoms with van der Waals surface area (Å²) in [5.74, 6) is 1.88. The molecule has 1 amide bonds. The van der Waals surface area contributed by atoms with E-state index in [0.29, 0.717) is 35.4 Å². The highest BCUT2D eigenvalue weighted by Gasteiger charge is 2.17. The number of pyridine rings is 1. The predicted octanol–water partition coefficient (Wildman–Crippen LogP) is 4.19. The van der Waals surface area contributed by atoms with Crippen molar-refractivity contribution in [2.75, 3.05) is 11.9 Å². The van der Waals surface area contributed by atoms with E-state index in [2.05, 4.69) is 10.3 Å². The van der Waals surface area contributed by atoms with Gasteiger partial charge in [-0.05, 0) is 37.0 Å². The van der Waals surface area contributed by atoms with E-state index >= 15 is 0 Å². The summed E-state index contributed by atoms with van der Waals surface area (Å²) in [5, 5.41) is 2.78. The van der Waals surface area contributed by atoms with Crippen LogP contribution in [0.5, 0.6) is 5.75 Å². The van der Waals surface area contributed by atoms with E-state index < -0.39 is 0 Å². The van der Waals surface area contributed by atoms with Crippen LogP contribution in [0.25, 0.3) is 0 Å². The number of carbonyl (C=O) groups is 1. The van der Waals surface area contributed by atoms with E-state index in [9.17, 15) is 4.79 Å². The van der Waals surface area contributed by atoms with Gasteiger partial charge >= 0.3 is 0 Å². The van der Waals surface area contributed by atoms with Crippen molar-refractivity contribution in [3.63, 3.8) is 0 Å². The molecule has 26 heavy (non-hydrogen) atoms. The second kappa shape index (κ2) is 11.1. The van der Waals surface area contributed by atoms with Crippen molar-refractivity contribution in [2.45, 2.75) is 38.6 Å². The molecule has 0 bridgehead atoms. The van der Waals surface area contributed by atoms with Gasteiger partial charge in [-0.15, -0.1) is 24.8 Å². The van der Waals surface area contributed by atoms with Gasteiger partial charge in [-0.2, -0.15) is 0 Å². The number of halogens is 2. The molecule has 144 valence electrons. The lowest BCUT2D eigenvalue weighted by molar-refractivity contribution is 0.102. The zero-order chi connectivity index (χ0) is 16.8. The van der Waals surface area contributed by atoms with Gasteiger partial charge in [-0.3, -0.25) is 4.79 Å². The summed E-state index contributed by atoms with van der Waals surface area (Å²) in [5.41, 5.74) is 5.91. The molecule has 3 rings (SSSR count). The first-order valence-corrected chi connectivity index (χ1v) is 8.43. The van der Waals surface area contributed by atoms with Crippen LogP contribution in [0.3, 0.4) is 0 Å². The quantitative estimate of drug-likeness (QED) is 0.756. The number of hydrogen-bond donors (Lipinski definition) is 2. The third kappa shape index (κ3) is 5.90. The van der Waals surface area contributed by atoms with Crippen molar-refractivity contribution < 1.29 is 13.9 Å². The van der Waals surface area contributed by atoms with Gasteiger partial charge in [-0.25, -0.2) is 4.98 Å². The van der Waals surface area contributed by atoms with Crippen LogP contribution in [0.15, 0.2) is 35.1 Å². The maximum Gasteiger partial charge on any atom is 0.260 e. The summed E-state index contributed by atoms with van der Waals surface area (Å²) in [4.78, 5) is 16.5. The number of rotatable bonds is 6. The van der Waals surface area contributed by atoms with Crippen molar-refractivity contribution in [1.29, 1.82) is 0 Å². The number of nitrogens with one attached hydrogen (secondary N) is 1. The summed E-state index contributed by atoms with van der Waals surface area (Å²) in [6, 6.07) is 5.25. The number of aromatic nitrogens is 1. The van der Waals surface area contributed by atoms with Gasteiger partial charge in [0, 0.05) is 6.20 Å². The van der Waals surface area contributed by atoms with Crippen LogP contribution in [0.1, 0.15) is 48.2 Å². The van der Waals surface area contributed by atoms with Crippen molar-refractivity contribution in [1.82, 2.24) is 4.98 Å². The van der Waals surface area contributed by atoms with Gasteiger partial charge in [-0.1, -0.05) is 19.3 Å². The fourth-order valence-electron chi connectivity index (χ4n) is 2.95. The first-order valence-electron chi connectivity index (χ1n) is 8.43. The molecular weight excluding hydrogens is 377 g/mol. The Bertz CT molecular complexity index is 688. The van der Waals surface area contributed by atoms with Crippen LogP contribution in [-0.4, -0.2) is 17.5 Å². The highest BCUT2D eigenvalue weighted by Crippen LogP contribution is 2.27. The molecule has 1 saturated carbocycles. The number of furan rings is 1. The number of ether oxygens (including phenoxy) is 1. The summed E-state index contributed by atoms with van der Waals surface area (Å²) >= 11 is 0. The van der Waals surface area contributed by atoms with E-state index in [1.165, 1.54) is 38.4 Å². The van der Waals surface area contributed by atoms with Gasteiger partial charge in [0.25, 0.3) is 5.91 Å². The van der Waals surface area contributed by atoms with E-state index in [4.69, 9.17) is 14.9 Å². The van der Waals surface area contributed by atoms with E-state index in [-0.39, 0.29) is 37.3 Å². The molecule has 2 aromatic heterocycles. The standard InChI is InChI=1S/C18H23N3O3.2ClH/c19-10-15-9-14(12-23-15)18(22)21-17-16(7-4-8-20-17)24-11-13-5-2-1-3-6-13;;/h4,7-9,12-13H,1-3,5-6,10-11,19H2,(H,20,21,22);2*1H. The molecule has 6 nitrogen and oxygen atoms in total. The van der Waals surface area contributed by atoms with Gasteiger partial charge < -0.3 is 20.2 Å². The molecule has 0 atom stereocenters. The van der Waals surface area contributed by atoms with Gasteiger partial charge in [0.2, 0.25) is 0 Å². The molecule has 2 heterocycles. The van der Waals surface area contributed by atoms with Crippen molar-refractivity contribution in [3.8, 4) is 5.75 Å². The molecule has 0 spiro atoms. The van der Waals surface area contributed by atoms with E-state index in [1.807, 2.05) is 6.07 Å². The highest BCUT2D eigenvalue weighted by molar-refractivity contribution is 6.04. The van der Waals surface area contributed by atoms with Gasteiger partial charge in [0.1, 0.15) is 12.0 Å². The summed E-state index contributed by atoms with van der Waals surface area (Å²) in [6.07, 6.45) is 9.30. The largest absolute Gasteiger partial charge is 0.489 e. The van der Waals surface area contributed by atoms with Crippen LogP contribution in [-0.2, 0) is 6.54 Å². The molecule has 1 aliphatic rings. The SMILES string of the molecule is Cl.Cl.NCc1cc(C(=O)Nc2ncccc2OCC2CCCCC2)co1. The Morgan fingerprint density at radius 2 is 2.08 bits per heavy atom. The Morgan fingerprint density at radius 1 is 1.31 bits per heavy atom. The monoisotopic (exact) mass is 401 g/mol. The average Bonchev–Trinajstić information content (AvgIpc) is 3.11. The molecule has 3 N–H and O–H groups in total. The van der Waals surface area contributed by atoms with Crippen molar-refractivity contribution in [2.24, 2.45) is 11.7 Å². The Hall–Kier alpha value is -1.76. The molecule has 0 saturated heterocycles. The first kappa shape index (κ1) is 22.3. The minimum Gasteiger partial charge on any atom is -0.489 e. The zero-order valence-electron chi connectivity index (χ0n) is 14.5. The summed E-state index contributed by atoms with van der Waals surface area (Å²) in [7, 11) is 0. The second-order valence-electron chi connectivity index (χ2n) is 6.13. The molecule has 0 radical (unpaired) electrons. The Balaban J connectivity index is 0.00000169. The molecule has 8 heteroatoms. The number of hydrogen-bond acceptors (Lipinski definition) is 5. The molecule has 2 aromatic rings. The number of nitrogens with zero attached hydrogens (tertiary/aromatic N) is 1. The van der Waals surface area contributed by atoms with E-state index in [0.717, 1.165) is 0 Å². The van der Waals surface area contributed by atoms with Crippen molar-refractivity contribution >= 4 is 36.5 Å². The first-order chi connectivity index (χ1) is 11.8. The van der Waals surface area contributed by atoms with E-state index in [1.54, 1.807) is 18.3 Å². The Morgan fingerprint density at radius 3 is 2.77 bits per heavy atom. The lowest BCUT2D eigenvalue weighted by Gasteiger charge is -2.22. The highest BCUT2D eigenvalue weighted by atomic mass is 35.5. The number of amides is 1. The van der Waals surface area contributed by atoms with Crippen LogP contribution >= 0.6 is 24.8 Å². The number of nitrogens with two attached hydrogens (primary N) is 1. The smallest absolute Gasteiger partial charge is 0.260 e. The van der Waals surface area contributed by atoms with Crippen LogP contribution in [0.2, 0.25) is 0 Å². The fourth-order valence-corrected chi connectivity index (χ4v) is 2.95. The van der Waals surface area contributed by atoms with Crippen LogP contribution in [0, 0.1) is 5.92 Å². The van der Waals surface area contributed by atoms with Crippen LogP contribution in [0.4, 0.5) is 5.82 Å². The van der Waals surface area contributed by atoms with Gasteiger partial charge in [0.15, 0.2) is 11.6 Å². The normalized spacial score (nSPS) is 14.0. The molecule has 0 unspecified atom stereocenters. The number of anilines is 1. The fraction of sp³-hybridized carbons (Fsp3) is 0.444. The minimum atomic E-state index is -0.292. The molecule has 1 fully saturated rings. The molecule has 0 aliphatic heterocycles. The van der Waals surface area contributed by atoms with Gasteiger partial charge in [0.05, 0.1) is 18.7 Å². The van der Waals surface area contributed by atoms with Crippen molar-refractivity contribution in [3.05, 3.63) is 42.0 Å². The lowest BCUT2D eigenvalue weighted by Crippen LogP contribution is -2.17. The maximum atomic E-state index is 12.3.